The molecule has 1 aliphatic heterocycles. The van der Waals surface area contributed by atoms with Crippen molar-refractivity contribution in [1.29, 1.82) is 0 Å². The van der Waals surface area contributed by atoms with E-state index >= 15 is 0 Å². The van der Waals surface area contributed by atoms with E-state index in [1.54, 1.807) is 0 Å². The molecule has 126 valence electrons. The first-order chi connectivity index (χ1) is 11.7. The van der Waals surface area contributed by atoms with Crippen LogP contribution in [0.5, 0.6) is 0 Å². The minimum atomic E-state index is 0.0365. The molecule has 2 unspecified atom stereocenters. The lowest BCUT2D eigenvalue weighted by Crippen LogP contribution is -2.41. The Morgan fingerprint density at radius 2 is 2.17 bits per heavy atom. The molecule has 2 atom stereocenters. The molecular weight excluding hydrogens is 300 g/mol. The van der Waals surface area contributed by atoms with Crippen molar-refractivity contribution in [2.45, 2.75) is 45.1 Å². The summed E-state index contributed by atoms with van der Waals surface area (Å²) in [6.45, 7) is 3.68. The van der Waals surface area contributed by atoms with Gasteiger partial charge in [-0.15, -0.1) is 0 Å². The second-order valence-electron chi connectivity index (χ2n) is 7.16. The van der Waals surface area contributed by atoms with Crippen molar-refractivity contribution in [1.82, 2.24) is 10.3 Å². The first kappa shape index (κ1) is 15.6. The number of amides is 1. The molecule has 1 saturated heterocycles. The second-order valence-corrected chi connectivity index (χ2v) is 7.16. The summed E-state index contributed by atoms with van der Waals surface area (Å²) in [6, 6.07) is 8.13. The smallest absolute Gasteiger partial charge is 0.252 e. The molecule has 2 heterocycles. The number of hydrogen-bond acceptors (Lipinski definition) is 3. The van der Waals surface area contributed by atoms with Crippen molar-refractivity contribution in [2.75, 3.05) is 13.2 Å². The molecule has 1 fully saturated rings. The normalized spacial score (nSPS) is 23.7. The molecule has 1 aromatic carbocycles. The molecule has 4 heteroatoms. The van der Waals surface area contributed by atoms with Crippen LogP contribution >= 0.6 is 0 Å². The number of ether oxygens (including phenoxy) is 1. The van der Waals surface area contributed by atoms with E-state index in [4.69, 9.17) is 9.72 Å². The highest BCUT2D eigenvalue weighted by Gasteiger charge is 2.26. The van der Waals surface area contributed by atoms with Gasteiger partial charge in [0.1, 0.15) is 0 Å². The van der Waals surface area contributed by atoms with Crippen LogP contribution in [0.2, 0.25) is 0 Å². The third-order valence-electron chi connectivity index (χ3n) is 5.23. The summed E-state index contributed by atoms with van der Waals surface area (Å²) in [5.74, 6) is 0.638. The van der Waals surface area contributed by atoms with Crippen LogP contribution in [0, 0.1) is 5.92 Å². The van der Waals surface area contributed by atoms with Crippen molar-refractivity contribution < 1.29 is 9.53 Å². The van der Waals surface area contributed by atoms with Crippen LogP contribution in [-0.4, -0.2) is 30.1 Å². The summed E-state index contributed by atoms with van der Waals surface area (Å²) >= 11 is 0. The Morgan fingerprint density at radius 1 is 1.29 bits per heavy atom. The van der Waals surface area contributed by atoms with Crippen molar-refractivity contribution in [3.05, 3.63) is 41.1 Å². The van der Waals surface area contributed by atoms with E-state index in [9.17, 15) is 4.79 Å². The Morgan fingerprint density at radius 3 is 3.00 bits per heavy atom. The van der Waals surface area contributed by atoms with Gasteiger partial charge in [-0.3, -0.25) is 9.78 Å². The average Bonchev–Trinajstić information content (AvgIpc) is 2.60. The molecule has 4 rings (SSSR count). The van der Waals surface area contributed by atoms with Gasteiger partial charge in [0.05, 0.1) is 23.7 Å². The molecule has 2 aliphatic rings. The molecule has 1 aliphatic carbocycles. The third-order valence-corrected chi connectivity index (χ3v) is 5.23. The number of aromatic nitrogens is 1. The van der Waals surface area contributed by atoms with Gasteiger partial charge in [-0.25, -0.2) is 0 Å². The zero-order chi connectivity index (χ0) is 16.5. The number of carbonyl (C=O) groups excluding carboxylic acids is 1. The van der Waals surface area contributed by atoms with Gasteiger partial charge in [0.25, 0.3) is 5.91 Å². The largest absolute Gasteiger partial charge is 0.379 e. The van der Waals surface area contributed by atoms with Gasteiger partial charge in [-0.05, 0) is 49.7 Å². The Balaban J connectivity index is 1.76. The number of fused-ring (bicyclic) bond motifs is 2. The molecule has 0 bridgehead atoms. The number of benzene rings is 1. The molecule has 0 spiro atoms. The Hall–Kier alpha value is -1.94. The lowest BCUT2D eigenvalue weighted by Gasteiger charge is -2.27. The summed E-state index contributed by atoms with van der Waals surface area (Å²) < 4.78 is 5.51. The van der Waals surface area contributed by atoms with Gasteiger partial charge in [0, 0.05) is 17.7 Å². The number of rotatable bonds is 2. The number of aryl methyl sites for hydroxylation is 1. The number of hydrogen-bond donors (Lipinski definition) is 1. The van der Waals surface area contributed by atoms with Gasteiger partial charge in [0.15, 0.2) is 0 Å². The SMILES string of the molecule is CC1CCc2nc3ccccc3c(C(=O)NC3CCCOC3)c2C1. The number of nitrogens with zero attached hydrogens (tertiary/aromatic N) is 1. The minimum Gasteiger partial charge on any atom is -0.379 e. The number of nitrogens with one attached hydrogen (secondary N) is 1. The molecule has 24 heavy (non-hydrogen) atoms. The third kappa shape index (κ3) is 2.91. The van der Waals surface area contributed by atoms with Crippen molar-refractivity contribution >= 4 is 16.8 Å². The van der Waals surface area contributed by atoms with Crippen molar-refractivity contribution in [2.24, 2.45) is 5.92 Å². The highest BCUT2D eigenvalue weighted by Crippen LogP contribution is 2.31. The predicted octanol–water partition coefficient (Wildman–Crippen LogP) is 3.27. The lowest BCUT2D eigenvalue weighted by atomic mass is 9.84. The van der Waals surface area contributed by atoms with E-state index in [-0.39, 0.29) is 11.9 Å². The Bertz CT molecular complexity index is 766. The monoisotopic (exact) mass is 324 g/mol. The van der Waals surface area contributed by atoms with E-state index < -0.39 is 0 Å². The molecule has 2 aromatic rings. The highest BCUT2D eigenvalue weighted by molar-refractivity contribution is 6.07. The highest BCUT2D eigenvalue weighted by atomic mass is 16.5. The molecule has 1 aromatic heterocycles. The summed E-state index contributed by atoms with van der Waals surface area (Å²) in [5, 5.41) is 4.17. The molecule has 1 amide bonds. The quantitative estimate of drug-likeness (QED) is 0.922. The second kappa shape index (κ2) is 6.52. The molecular formula is C20H24N2O2. The van der Waals surface area contributed by atoms with E-state index in [1.807, 2.05) is 24.3 Å². The van der Waals surface area contributed by atoms with Gasteiger partial charge >= 0.3 is 0 Å². The summed E-state index contributed by atoms with van der Waals surface area (Å²) in [7, 11) is 0. The minimum absolute atomic E-state index is 0.0365. The fraction of sp³-hybridized carbons (Fsp3) is 0.500. The fourth-order valence-electron chi connectivity index (χ4n) is 3.93. The zero-order valence-electron chi connectivity index (χ0n) is 14.2. The van der Waals surface area contributed by atoms with Crippen LogP contribution in [0.3, 0.4) is 0 Å². The first-order valence-electron chi connectivity index (χ1n) is 9.01. The van der Waals surface area contributed by atoms with Crippen LogP contribution in [-0.2, 0) is 17.6 Å². The lowest BCUT2D eigenvalue weighted by molar-refractivity contribution is 0.0624. The van der Waals surface area contributed by atoms with Crippen LogP contribution < -0.4 is 5.32 Å². The van der Waals surface area contributed by atoms with Crippen LogP contribution in [0.15, 0.2) is 24.3 Å². The van der Waals surface area contributed by atoms with Crippen LogP contribution in [0.25, 0.3) is 10.9 Å². The summed E-state index contributed by atoms with van der Waals surface area (Å²) in [5.41, 5.74) is 4.03. The predicted molar refractivity (Wildman–Crippen MR) is 94.2 cm³/mol. The molecule has 1 N–H and O–H groups in total. The summed E-state index contributed by atoms with van der Waals surface area (Å²) in [4.78, 5) is 17.9. The van der Waals surface area contributed by atoms with E-state index in [0.717, 1.165) is 66.4 Å². The van der Waals surface area contributed by atoms with Gasteiger partial charge < -0.3 is 10.1 Å². The van der Waals surface area contributed by atoms with E-state index in [0.29, 0.717) is 12.5 Å². The van der Waals surface area contributed by atoms with Gasteiger partial charge in [0.2, 0.25) is 0 Å². The standard InChI is InChI=1S/C20H24N2O2/c1-13-8-9-18-16(11-13)19(15-6-2-3-7-17(15)22-18)20(23)21-14-5-4-10-24-12-14/h2-3,6-7,13-14H,4-5,8-12H2,1H3,(H,21,23). The van der Waals surface area contributed by atoms with Gasteiger partial charge in [-0.2, -0.15) is 0 Å². The first-order valence-corrected chi connectivity index (χ1v) is 9.01. The Kier molecular flexibility index (Phi) is 4.23. The molecule has 4 nitrogen and oxygen atoms in total. The number of carbonyl (C=O) groups is 1. The van der Waals surface area contributed by atoms with Crippen LogP contribution in [0.1, 0.15) is 47.8 Å². The van der Waals surface area contributed by atoms with Crippen LogP contribution in [0.4, 0.5) is 0 Å². The molecule has 0 radical (unpaired) electrons. The summed E-state index contributed by atoms with van der Waals surface area (Å²) in [6.07, 6.45) is 5.06. The average molecular weight is 324 g/mol. The maximum absolute atomic E-state index is 13.1. The maximum Gasteiger partial charge on any atom is 0.252 e. The number of para-hydroxylation sites is 1. The van der Waals surface area contributed by atoms with Gasteiger partial charge in [-0.1, -0.05) is 25.1 Å². The Labute approximate surface area is 142 Å². The van der Waals surface area contributed by atoms with E-state index in [2.05, 4.69) is 12.2 Å². The van der Waals surface area contributed by atoms with Crippen molar-refractivity contribution in [3.8, 4) is 0 Å². The fourth-order valence-corrected chi connectivity index (χ4v) is 3.93. The topological polar surface area (TPSA) is 51.2 Å². The number of pyridine rings is 1. The maximum atomic E-state index is 13.1. The van der Waals surface area contributed by atoms with E-state index in [1.165, 1.54) is 0 Å². The molecule has 0 saturated carbocycles. The van der Waals surface area contributed by atoms with Crippen molar-refractivity contribution in [3.63, 3.8) is 0 Å². The zero-order valence-corrected chi connectivity index (χ0v) is 14.2.